The predicted molar refractivity (Wildman–Crippen MR) is 103 cm³/mol. The van der Waals surface area contributed by atoms with E-state index < -0.39 is 11.9 Å². The highest BCUT2D eigenvalue weighted by atomic mass is 16.5. The van der Waals surface area contributed by atoms with Crippen LogP contribution in [0.5, 0.6) is 5.75 Å². The number of carbonyl (C=O) groups is 2. The summed E-state index contributed by atoms with van der Waals surface area (Å²) < 4.78 is 16.1. The van der Waals surface area contributed by atoms with E-state index in [0.29, 0.717) is 28.2 Å². The lowest BCUT2D eigenvalue weighted by Gasteiger charge is -2.12. The molecule has 3 rings (SSSR count). The van der Waals surface area contributed by atoms with Crippen molar-refractivity contribution in [3.8, 4) is 5.75 Å². The molecule has 1 heterocycles. The molecule has 0 unspecified atom stereocenters. The van der Waals surface area contributed by atoms with Crippen molar-refractivity contribution in [3.63, 3.8) is 0 Å². The van der Waals surface area contributed by atoms with E-state index >= 15 is 0 Å². The van der Waals surface area contributed by atoms with Crippen molar-refractivity contribution in [3.05, 3.63) is 70.7 Å². The second-order valence-electron chi connectivity index (χ2n) is 5.95. The van der Waals surface area contributed by atoms with E-state index in [9.17, 15) is 14.8 Å². The van der Waals surface area contributed by atoms with Gasteiger partial charge in [-0.2, -0.15) is 4.73 Å². The van der Waals surface area contributed by atoms with E-state index in [1.54, 1.807) is 49.4 Å². The van der Waals surface area contributed by atoms with Crippen molar-refractivity contribution in [2.45, 2.75) is 20.5 Å². The fourth-order valence-corrected chi connectivity index (χ4v) is 2.75. The van der Waals surface area contributed by atoms with Crippen LogP contribution in [-0.4, -0.2) is 30.1 Å². The van der Waals surface area contributed by atoms with Crippen LogP contribution < -0.4 is 9.47 Å². The third kappa shape index (κ3) is 4.43. The zero-order valence-corrected chi connectivity index (χ0v) is 16.1. The van der Waals surface area contributed by atoms with Gasteiger partial charge in [0, 0.05) is 0 Å². The second-order valence-corrected chi connectivity index (χ2v) is 5.95. The lowest BCUT2D eigenvalue weighted by molar-refractivity contribution is -0.581. The maximum absolute atomic E-state index is 12.9. The molecule has 8 nitrogen and oxygen atoms in total. The number of esters is 2. The van der Waals surface area contributed by atoms with Gasteiger partial charge in [0.1, 0.15) is 17.9 Å². The average molecular weight is 396 g/mol. The zero-order chi connectivity index (χ0) is 20.8. The number of benzene rings is 2. The van der Waals surface area contributed by atoms with E-state index in [-0.39, 0.29) is 30.1 Å². The van der Waals surface area contributed by atoms with Crippen molar-refractivity contribution < 1.29 is 28.5 Å². The molecule has 2 aromatic carbocycles. The molecule has 3 aromatic rings. The first-order valence-electron chi connectivity index (χ1n) is 9.13. The van der Waals surface area contributed by atoms with Crippen LogP contribution in [0.2, 0.25) is 0 Å². The van der Waals surface area contributed by atoms with Gasteiger partial charge in [-0.15, -0.1) is 0 Å². The van der Waals surface area contributed by atoms with Crippen molar-refractivity contribution in [2.24, 2.45) is 0 Å². The topological polar surface area (TPSA) is 102 Å². The lowest BCUT2D eigenvalue weighted by atomic mass is 10.2. The van der Waals surface area contributed by atoms with E-state index in [1.807, 2.05) is 6.92 Å². The highest BCUT2D eigenvalue weighted by Crippen LogP contribution is 2.20. The van der Waals surface area contributed by atoms with Gasteiger partial charge in [-0.05, 0) is 38.1 Å². The molecule has 8 heteroatoms. The van der Waals surface area contributed by atoms with Crippen molar-refractivity contribution in [2.75, 3.05) is 13.2 Å². The standard InChI is InChI=1S/C21H20N2O6/c1-3-27-15-10-11-16-18(12-15)23(26)19(21(25)28-4-2)17(22-16)13-29-20(24)14-8-6-5-7-9-14/h5-12H,3-4,13H2,1-2H3. The normalized spacial score (nSPS) is 10.6. The van der Waals surface area contributed by atoms with Crippen LogP contribution in [0.15, 0.2) is 48.5 Å². The quantitative estimate of drug-likeness (QED) is 0.344. The third-order valence-electron chi connectivity index (χ3n) is 4.03. The SMILES string of the molecule is CCOC(=O)c1c(COC(=O)c2ccccc2)nc2ccc(OCC)cc2[n+]1[O-]. The van der Waals surface area contributed by atoms with Gasteiger partial charge in [0.05, 0.1) is 24.8 Å². The number of hydrogen-bond acceptors (Lipinski definition) is 7. The van der Waals surface area contributed by atoms with Gasteiger partial charge < -0.3 is 19.4 Å². The van der Waals surface area contributed by atoms with Crippen LogP contribution in [0.4, 0.5) is 0 Å². The van der Waals surface area contributed by atoms with Crippen molar-refractivity contribution in [1.29, 1.82) is 0 Å². The summed E-state index contributed by atoms with van der Waals surface area (Å²) in [6, 6.07) is 13.2. The van der Waals surface area contributed by atoms with Crippen LogP contribution >= 0.6 is 0 Å². The van der Waals surface area contributed by atoms with Gasteiger partial charge in [0.2, 0.25) is 5.52 Å². The molecule has 0 bridgehead atoms. The zero-order valence-electron chi connectivity index (χ0n) is 16.1. The molecule has 29 heavy (non-hydrogen) atoms. The highest BCUT2D eigenvalue weighted by Gasteiger charge is 2.28. The van der Waals surface area contributed by atoms with Crippen LogP contribution in [-0.2, 0) is 16.1 Å². The monoisotopic (exact) mass is 396 g/mol. The summed E-state index contributed by atoms with van der Waals surface area (Å²) in [5.41, 5.74) is 0.523. The fraction of sp³-hybridized carbons (Fsp3) is 0.238. The molecule has 1 aromatic heterocycles. The molecule has 0 fully saturated rings. The number of carbonyl (C=O) groups excluding carboxylic acids is 2. The molecule has 0 N–H and O–H groups in total. The minimum Gasteiger partial charge on any atom is -0.618 e. The Morgan fingerprint density at radius 2 is 1.76 bits per heavy atom. The van der Waals surface area contributed by atoms with Gasteiger partial charge >= 0.3 is 17.6 Å². The summed E-state index contributed by atoms with van der Waals surface area (Å²) >= 11 is 0. The minimum atomic E-state index is -0.843. The number of aromatic nitrogens is 2. The Bertz CT molecular complexity index is 1040. The van der Waals surface area contributed by atoms with E-state index in [2.05, 4.69) is 4.98 Å². The molecule has 0 saturated carbocycles. The largest absolute Gasteiger partial charge is 0.618 e. The number of hydrogen-bond donors (Lipinski definition) is 0. The highest BCUT2D eigenvalue weighted by molar-refractivity contribution is 5.90. The molecule has 0 atom stereocenters. The Labute approximate surface area is 167 Å². The summed E-state index contributed by atoms with van der Waals surface area (Å²) in [6.45, 7) is 3.61. The molecular formula is C21H20N2O6. The molecule has 0 aliphatic rings. The lowest BCUT2D eigenvalue weighted by Crippen LogP contribution is -2.39. The van der Waals surface area contributed by atoms with Gasteiger partial charge in [-0.3, -0.25) is 0 Å². The predicted octanol–water partition coefficient (Wildman–Crippen LogP) is 2.80. The van der Waals surface area contributed by atoms with Crippen LogP contribution in [0.3, 0.4) is 0 Å². The molecule has 0 spiro atoms. The minimum absolute atomic E-state index is 0.0133. The Hall–Kier alpha value is -3.68. The molecule has 0 aliphatic carbocycles. The molecule has 0 saturated heterocycles. The molecule has 0 amide bonds. The molecule has 0 aliphatic heterocycles. The number of nitrogens with zero attached hydrogens (tertiary/aromatic N) is 2. The van der Waals surface area contributed by atoms with Gasteiger partial charge in [0.25, 0.3) is 0 Å². The van der Waals surface area contributed by atoms with E-state index in [4.69, 9.17) is 14.2 Å². The van der Waals surface area contributed by atoms with Crippen molar-refractivity contribution >= 4 is 23.0 Å². The summed E-state index contributed by atoms with van der Waals surface area (Å²) in [5, 5.41) is 12.9. The Balaban J connectivity index is 1.99. The Morgan fingerprint density at radius 1 is 1.00 bits per heavy atom. The summed E-state index contributed by atoms with van der Waals surface area (Å²) in [6.07, 6.45) is 0. The van der Waals surface area contributed by atoms with E-state index in [0.717, 1.165) is 0 Å². The van der Waals surface area contributed by atoms with Crippen molar-refractivity contribution in [1.82, 2.24) is 4.98 Å². The van der Waals surface area contributed by atoms with Crippen LogP contribution in [0.25, 0.3) is 11.0 Å². The summed E-state index contributed by atoms with van der Waals surface area (Å²) in [4.78, 5) is 29.0. The average Bonchev–Trinajstić information content (AvgIpc) is 2.73. The maximum Gasteiger partial charge on any atom is 0.407 e. The van der Waals surface area contributed by atoms with E-state index in [1.165, 1.54) is 6.07 Å². The maximum atomic E-state index is 12.9. The second kappa shape index (κ2) is 9.01. The smallest absolute Gasteiger partial charge is 0.407 e. The first-order valence-corrected chi connectivity index (χ1v) is 9.13. The Morgan fingerprint density at radius 3 is 2.45 bits per heavy atom. The number of ether oxygens (including phenoxy) is 3. The summed E-state index contributed by atoms with van der Waals surface area (Å²) in [5.74, 6) is -0.958. The molecule has 0 radical (unpaired) electrons. The van der Waals surface area contributed by atoms with Crippen LogP contribution in [0.1, 0.15) is 40.4 Å². The first kappa shape index (κ1) is 20.1. The number of rotatable bonds is 7. The summed E-state index contributed by atoms with van der Waals surface area (Å²) in [7, 11) is 0. The number of fused-ring (bicyclic) bond motifs is 1. The first-order chi connectivity index (χ1) is 14.0. The van der Waals surface area contributed by atoms with Gasteiger partial charge in [0.15, 0.2) is 5.69 Å². The Kier molecular flexibility index (Phi) is 6.23. The third-order valence-corrected chi connectivity index (χ3v) is 4.03. The molecular weight excluding hydrogens is 376 g/mol. The van der Waals surface area contributed by atoms with Crippen LogP contribution in [0, 0.1) is 5.21 Å². The molecule has 150 valence electrons. The van der Waals surface area contributed by atoms with Gasteiger partial charge in [-0.1, -0.05) is 18.2 Å². The fourth-order valence-electron chi connectivity index (χ4n) is 2.75. The van der Waals surface area contributed by atoms with Gasteiger partial charge in [-0.25, -0.2) is 14.6 Å².